The summed E-state index contributed by atoms with van der Waals surface area (Å²) in [5.41, 5.74) is 7.80. The Kier molecular flexibility index (Phi) is 5.73. The number of benzene rings is 1. The van der Waals surface area contributed by atoms with Crippen LogP contribution in [0.15, 0.2) is 18.2 Å². The molecule has 8 nitrogen and oxygen atoms in total. The Balaban J connectivity index is 1.44. The van der Waals surface area contributed by atoms with E-state index in [4.69, 9.17) is 21.7 Å². The molecule has 2 aliphatic rings. The molecule has 31 heavy (non-hydrogen) atoms. The molecule has 2 aromatic rings. The van der Waals surface area contributed by atoms with Crippen LogP contribution in [-0.2, 0) is 24.9 Å². The summed E-state index contributed by atoms with van der Waals surface area (Å²) in [7, 11) is 1.64. The molecule has 1 saturated heterocycles. The molecule has 0 spiro atoms. The molecule has 3 atom stereocenters. The number of imidazole rings is 1. The predicted molar refractivity (Wildman–Crippen MR) is 103 cm³/mol. The summed E-state index contributed by atoms with van der Waals surface area (Å²) in [6, 6.07) is 2.59. The van der Waals surface area contributed by atoms with E-state index in [0.717, 1.165) is 23.9 Å². The van der Waals surface area contributed by atoms with Crippen molar-refractivity contribution in [2.75, 3.05) is 6.61 Å². The number of amidine groups is 1. The highest BCUT2D eigenvalue weighted by molar-refractivity contribution is 5.93. The number of rotatable bonds is 4. The second-order valence-corrected chi connectivity index (χ2v) is 7.80. The average Bonchev–Trinajstić information content (AvgIpc) is 3.28. The summed E-state index contributed by atoms with van der Waals surface area (Å²) in [5.74, 6) is 3.61. The molecule has 0 bridgehead atoms. The maximum atomic E-state index is 14.1. The highest BCUT2D eigenvalue weighted by Gasteiger charge is 2.38. The smallest absolute Gasteiger partial charge is 0.329 e. The van der Waals surface area contributed by atoms with Crippen molar-refractivity contribution in [1.29, 1.82) is 5.41 Å². The molecule has 5 N–H and O–H groups in total. The Labute approximate surface area is 175 Å². The largest absolute Gasteiger partial charge is 0.370 e. The highest BCUT2D eigenvalue weighted by atomic mass is 19.3. The second kappa shape index (κ2) is 8.19. The minimum Gasteiger partial charge on any atom is -0.370 e. The van der Waals surface area contributed by atoms with Crippen molar-refractivity contribution in [2.45, 2.75) is 44.2 Å². The topological polar surface area (TPSA) is 109 Å². The molecule has 0 radical (unpaired) electrons. The van der Waals surface area contributed by atoms with Crippen LogP contribution in [0.1, 0.15) is 35.3 Å². The molecular formula is C19H23F4N7O. The van der Waals surface area contributed by atoms with E-state index in [2.05, 4.69) is 9.88 Å². The van der Waals surface area contributed by atoms with E-state index in [1.165, 1.54) is 0 Å². The first kappa shape index (κ1) is 21.7. The summed E-state index contributed by atoms with van der Waals surface area (Å²) in [4.78, 5) is 6.40. The Hall–Kier alpha value is -2.54. The van der Waals surface area contributed by atoms with Crippen molar-refractivity contribution in [3.05, 3.63) is 52.6 Å². The summed E-state index contributed by atoms with van der Waals surface area (Å²) < 4.78 is 60.6. The van der Waals surface area contributed by atoms with Crippen LogP contribution >= 0.6 is 0 Å². The number of ether oxygens (including phenoxy) is 1. The Morgan fingerprint density at radius 2 is 2.06 bits per heavy atom. The SMILES string of the molecule is Cn1c(C(=N)N(N)C(F)F)nc2c1CN(C1CO[C@H](c3cc(F)ccc3F)C(N)C1)C2. The van der Waals surface area contributed by atoms with Crippen molar-refractivity contribution in [2.24, 2.45) is 18.6 Å². The Morgan fingerprint density at radius 3 is 2.71 bits per heavy atom. The van der Waals surface area contributed by atoms with E-state index in [1.54, 1.807) is 11.6 Å². The van der Waals surface area contributed by atoms with Gasteiger partial charge in [0.15, 0.2) is 11.7 Å². The summed E-state index contributed by atoms with van der Waals surface area (Å²) in [6.07, 6.45) is -0.244. The number of halogens is 4. The zero-order valence-corrected chi connectivity index (χ0v) is 16.7. The van der Waals surface area contributed by atoms with E-state index in [9.17, 15) is 17.6 Å². The van der Waals surface area contributed by atoms with Gasteiger partial charge in [-0.1, -0.05) is 0 Å². The first-order chi connectivity index (χ1) is 14.7. The first-order valence-corrected chi connectivity index (χ1v) is 9.69. The first-order valence-electron chi connectivity index (χ1n) is 9.69. The van der Waals surface area contributed by atoms with E-state index in [-0.39, 0.29) is 29.0 Å². The van der Waals surface area contributed by atoms with Crippen LogP contribution in [0.25, 0.3) is 0 Å². The number of nitrogens with zero attached hydrogens (tertiary/aromatic N) is 4. The fraction of sp³-hybridized carbons (Fsp3) is 0.474. The number of aromatic nitrogens is 2. The number of nitrogens with two attached hydrogens (primary N) is 2. The van der Waals surface area contributed by atoms with Crippen LogP contribution in [0.4, 0.5) is 17.6 Å². The van der Waals surface area contributed by atoms with Gasteiger partial charge in [0.2, 0.25) is 0 Å². The molecular weight excluding hydrogens is 418 g/mol. The number of hydrogen-bond donors (Lipinski definition) is 3. The van der Waals surface area contributed by atoms with Gasteiger partial charge in [0.25, 0.3) is 0 Å². The van der Waals surface area contributed by atoms with Crippen LogP contribution < -0.4 is 11.6 Å². The van der Waals surface area contributed by atoms with Gasteiger partial charge in [0, 0.05) is 37.8 Å². The monoisotopic (exact) mass is 441 g/mol. The highest BCUT2D eigenvalue weighted by Crippen LogP contribution is 2.34. The molecule has 1 aromatic carbocycles. The normalized spacial score (nSPS) is 23.9. The number of alkyl halides is 2. The lowest BCUT2D eigenvalue weighted by atomic mass is 9.93. The Bertz CT molecular complexity index is 998. The lowest BCUT2D eigenvalue weighted by molar-refractivity contribution is -0.0535. The molecule has 0 aliphatic carbocycles. The molecule has 1 fully saturated rings. The fourth-order valence-electron chi connectivity index (χ4n) is 4.19. The van der Waals surface area contributed by atoms with Crippen LogP contribution in [0, 0.1) is 17.0 Å². The van der Waals surface area contributed by atoms with Gasteiger partial charge in [-0.15, -0.1) is 0 Å². The van der Waals surface area contributed by atoms with Crippen LogP contribution in [0.2, 0.25) is 0 Å². The third-order valence-corrected chi connectivity index (χ3v) is 5.86. The third-order valence-electron chi connectivity index (χ3n) is 5.86. The lowest BCUT2D eigenvalue weighted by Crippen LogP contribution is -2.48. The molecule has 3 heterocycles. The maximum absolute atomic E-state index is 14.1. The minimum absolute atomic E-state index is 0.0608. The summed E-state index contributed by atoms with van der Waals surface area (Å²) in [6.45, 7) is -1.85. The van der Waals surface area contributed by atoms with Gasteiger partial charge in [0.05, 0.1) is 18.0 Å². The molecule has 168 valence electrons. The van der Waals surface area contributed by atoms with E-state index in [0.29, 0.717) is 25.2 Å². The number of hydrogen-bond acceptors (Lipinski definition) is 6. The van der Waals surface area contributed by atoms with Crippen molar-refractivity contribution in [3.63, 3.8) is 0 Å². The van der Waals surface area contributed by atoms with Crippen LogP contribution in [-0.4, -0.2) is 50.5 Å². The van der Waals surface area contributed by atoms with Crippen LogP contribution in [0.5, 0.6) is 0 Å². The predicted octanol–water partition coefficient (Wildman–Crippen LogP) is 1.60. The fourth-order valence-corrected chi connectivity index (χ4v) is 4.19. The molecule has 2 aliphatic heterocycles. The van der Waals surface area contributed by atoms with E-state index < -0.39 is 36.2 Å². The maximum Gasteiger partial charge on any atom is 0.329 e. The van der Waals surface area contributed by atoms with Crippen molar-refractivity contribution >= 4 is 5.84 Å². The minimum atomic E-state index is -3.01. The van der Waals surface area contributed by atoms with Gasteiger partial charge in [-0.2, -0.15) is 8.78 Å². The lowest BCUT2D eigenvalue weighted by Gasteiger charge is -2.38. The number of hydrazine groups is 1. The van der Waals surface area contributed by atoms with Gasteiger partial charge in [0.1, 0.15) is 17.7 Å². The Morgan fingerprint density at radius 1 is 1.32 bits per heavy atom. The zero-order chi connectivity index (χ0) is 22.4. The van der Waals surface area contributed by atoms with Crippen molar-refractivity contribution in [3.8, 4) is 0 Å². The quantitative estimate of drug-likeness (QED) is 0.166. The van der Waals surface area contributed by atoms with Crippen LogP contribution in [0.3, 0.4) is 0 Å². The number of fused-ring (bicyclic) bond motifs is 1. The molecule has 0 amide bonds. The van der Waals surface area contributed by atoms with E-state index in [1.807, 2.05) is 0 Å². The van der Waals surface area contributed by atoms with Gasteiger partial charge in [-0.3, -0.25) is 10.3 Å². The molecule has 2 unspecified atom stereocenters. The van der Waals surface area contributed by atoms with Gasteiger partial charge >= 0.3 is 6.55 Å². The summed E-state index contributed by atoms with van der Waals surface area (Å²) in [5, 5.41) is 7.92. The molecule has 4 rings (SSSR count). The molecule has 12 heteroatoms. The van der Waals surface area contributed by atoms with Crippen molar-refractivity contribution < 1.29 is 22.3 Å². The second-order valence-electron chi connectivity index (χ2n) is 7.80. The van der Waals surface area contributed by atoms with Gasteiger partial charge in [-0.05, 0) is 24.6 Å². The standard InChI is InChI=1S/C19H23F4N7O/c1-28-15-7-29(6-14(15)27-18(28)17(25)30(26)19(22)23)10-5-13(24)16(31-8-10)11-4-9(20)2-3-12(11)21/h2-4,10,13,16,19,25H,5-8,24,26H2,1H3/t10?,13?,16-/m1/s1. The molecule has 1 aromatic heterocycles. The zero-order valence-electron chi connectivity index (χ0n) is 16.7. The van der Waals surface area contributed by atoms with Gasteiger partial charge in [-0.25, -0.2) is 24.6 Å². The number of nitrogens with one attached hydrogen (secondary N) is 1. The van der Waals surface area contributed by atoms with Crippen molar-refractivity contribution in [1.82, 2.24) is 19.5 Å². The molecule has 0 saturated carbocycles. The van der Waals surface area contributed by atoms with Gasteiger partial charge < -0.3 is 15.0 Å². The third kappa shape index (κ3) is 3.91. The van der Waals surface area contributed by atoms with E-state index >= 15 is 0 Å². The summed E-state index contributed by atoms with van der Waals surface area (Å²) >= 11 is 0. The average molecular weight is 441 g/mol.